The molecule has 3 amide bonds. The Morgan fingerprint density at radius 3 is 2.51 bits per heavy atom. The molecule has 258 valence electrons. The second kappa shape index (κ2) is 18.4. The van der Waals surface area contributed by atoms with Crippen LogP contribution in [0.15, 0.2) is 48.6 Å². The van der Waals surface area contributed by atoms with Gasteiger partial charge >= 0.3 is 6.03 Å². The molecule has 0 bridgehead atoms. The fourth-order valence-electron chi connectivity index (χ4n) is 6.44. The average molecular weight is 672 g/mol. The molecule has 3 aliphatic heterocycles. The number of benzene rings is 1. The standard InChI is InChI=1S/C34H51ClN8O4/c1-4-6-26(7-5-2)32(37)40-34(45)39-27-8-14-41(15-9-27)23-46-47-30(22-25-20-24(3)31(36)29(35)21-25)33(44)43-16-10-28(11-17-43)42-18-12-38-13-19-42/h4-7,20-21,27-28,30,38H,1,8-19,22-23,36H2,2-3H3,(H3,37,39,40,45)/p+1/b7-5-,26-6+/t30-/m1/s1. The molecule has 13 heteroatoms. The molecule has 12 nitrogen and oxygen atoms in total. The quantitative estimate of drug-likeness (QED) is 0.0567. The Kier molecular flexibility index (Phi) is 14.4. The second-order valence-corrected chi connectivity index (χ2v) is 12.9. The Bertz CT molecular complexity index is 1280. The van der Waals surface area contributed by atoms with Gasteiger partial charge in [-0.1, -0.05) is 48.6 Å². The first-order chi connectivity index (χ1) is 22.7. The summed E-state index contributed by atoms with van der Waals surface area (Å²) in [6.07, 6.45) is 9.75. The molecule has 4 rings (SSSR count). The Labute approximate surface area is 283 Å². The lowest BCUT2D eigenvalue weighted by Gasteiger charge is -2.41. The number of nitrogens with two attached hydrogens (primary N) is 2. The fraction of sp³-hybridized carbons (Fsp3) is 0.559. The van der Waals surface area contributed by atoms with E-state index in [9.17, 15) is 9.59 Å². The van der Waals surface area contributed by atoms with E-state index < -0.39 is 6.10 Å². The predicted molar refractivity (Wildman–Crippen MR) is 185 cm³/mol. The Morgan fingerprint density at radius 2 is 1.87 bits per heavy atom. The van der Waals surface area contributed by atoms with Crippen LogP contribution in [0.1, 0.15) is 43.7 Å². The molecule has 1 aromatic rings. The zero-order valence-electron chi connectivity index (χ0n) is 27.8. The van der Waals surface area contributed by atoms with E-state index in [0.717, 1.165) is 63.0 Å². The highest BCUT2D eigenvalue weighted by molar-refractivity contribution is 6.33. The van der Waals surface area contributed by atoms with Crippen molar-refractivity contribution < 1.29 is 24.7 Å². The molecule has 0 aromatic heterocycles. The molecule has 1 atom stereocenters. The Morgan fingerprint density at radius 1 is 1.17 bits per heavy atom. The van der Waals surface area contributed by atoms with E-state index in [2.05, 4.69) is 27.0 Å². The third-order valence-corrected chi connectivity index (χ3v) is 9.47. The van der Waals surface area contributed by atoms with Crippen molar-refractivity contribution in [2.75, 3.05) is 64.8 Å². The number of hydrogen-bond acceptors (Lipinski definition) is 9. The minimum Gasteiger partial charge on any atom is -0.397 e. The second-order valence-electron chi connectivity index (χ2n) is 12.5. The van der Waals surface area contributed by atoms with Crippen molar-refractivity contribution in [3.05, 3.63) is 64.7 Å². The molecule has 0 spiro atoms. The number of quaternary nitrogens is 1. The highest BCUT2D eigenvalue weighted by Gasteiger charge is 2.33. The number of rotatable bonds is 12. The van der Waals surface area contributed by atoms with Crippen LogP contribution in [0.4, 0.5) is 10.5 Å². The van der Waals surface area contributed by atoms with Gasteiger partial charge in [0.25, 0.3) is 5.91 Å². The average Bonchev–Trinajstić information content (AvgIpc) is 3.07. The summed E-state index contributed by atoms with van der Waals surface area (Å²) in [5.41, 5.74) is 8.90. The number of nitrogens with one attached hydrogen (secondary N) is 3. The van der Waals surface area contributed by atoms with Gasteiger partial charge in [0.1, 0.15) is 12.6 Å². The van der Waals surface area contributed by atoms with Crippen LogP contribution in [0, 0.1) is 12.3 Å². The van der Waals surface area contributed by atoms with Gasteiger partial charge in [-0.05, 0) is 43.9 Å². The number of anilines is 1. The first-order valence-corrected chi connectivity index (χ1v) is 17.0. The Hall–Kier alpha value is -3.10. The molecule has 0 unspecified atom stereocenters. The fourth-order valence-corrected chi connectivity index (χ4v) is 6.73. The van der Waals surface area contributed by atoms with Crippen LogP contribution in [0.5, 0.6) is 0 Å². The number of halogens is 1. The number of nitrogen functional groups attached to an aromatic ring is 1. The molecule has 3 heterocycles. The molecular weight excluding hydrogens is 620 g/mol. The van der Waals surface area contributed by atoms with Crippen molar-refractivity contribution in [1.82, 2.24) is 25.3 Å². The number of allylic oxidation sites excluding steroid dienone is 3. The third kappa shape index (κ3) is 11.0. The lowest BCUT2D eigenvalue weighted by molar-refractivity contribution is -0.599. The number of amides is 3. The molecular formula is C34H52ClN8O4+. The highest BCUT2D eigenvalue weighted by atomic mass is 35.5. The minimum absolute atomic E-state index is 0.0386. The zero-order valence-corrected chi connectivity index (χ0v) is 28.6. The maximum absolute atomic E-state index is 13.8. The van der Waals surface area contributed by atoms with Crippen molar-refractivity contribution in [2.45, 2.75) is 64.1 Å². The van der Waals surface area contributed by atoms with Crippen molar-refractivity contribution in [3.8, 4) is 0 Å². The van der Waals surface area contributed by atoms with Crippen molar-refractivity contribution in [3.63, 3.8) is 0 Å². The predicted octanol–water partition coefficient (Wildman–Crippen LogP) is 2.35. The summed E-state index contributed by atoms with van der Waals surface area (Å²) in [7, 11) is 0. The third-order valence-electron chi connectivity index (χ3n) is 9.16. The van der Waals surface area contributed by atoms with Gasteiger partial charge in [-0.15, -0.1) is 0 Å². The maximum atomic E-state index is 13.8. The van der Waals surface area contributed by atoms with Gasteiger partial charge < -0.3 is 16.0 Å². The first-order valence-electron chi connectivity index (χ1n) is 16.7. The number of amidine groups is 1. The SMILES string of the molecule is C=C/C=C(\C=C/C)C(=N)NC(=O)[NH2+]C1CCN(COO[C@H](Cc2cc(C)c(N)c(Cl)c2)C(=O)N2CCC(N3CCNCC3)CC2)CC1. The number of piperazine rings is 1. The summed E-state index contributed by atoms with van der Waals surface area (Å²) in [5, 5.41) is 16.4. The molecule has 3 fully saturated rings. The molecule has 1 aromatic carbocycles. The monoisotopic (exact) mass is 671 g/mol. The normalized spacial score (nSPS) is 20.0. The number of nitrogens with zero attached hydrogens (tertiary/aromatic N) is 3. The molecule has 7 N–H and O–H groups in total. The summed E-state index contributed by atoms with van der Waals surface area (Å²) < 4.78 is 0. The van der Waals surface area contributed by atoms with Crippen LogP contribution in [0.25, 0.3) is 0 Å². The molecule has 47 heavy (non-hydrogen) atoms. The van der Waals surface area contributed by atoms with Gasteiger partial charge in [-0.2, -0.15) is 0 Å². The van der Waals surface area contributed by atoms with E-state index in [4.69, 9.17) is 32.5 Å². The van der Waals surface area contributed by atoms with Crippen LogP contribution < -0.4 is 21.7 Å². The maximum Gasteiger partial charge on any atom is 0.419 e. The van der Waals surface area contributed by atoms with Gasteiger partial charge in [0.05, 0.1) is 16.8 Å². The molecule has 3 aliphatic rings. The van der Waals surface area contributed by atoms with E-state index in [1.54, 1.807) is 29.6 Å². The van der Waals surface area contributed by atoms with Crippen LogP contribution in [0.3, 0.4) is 0 Å². The van der Waals surface area contributed by atoms with Gasteiger partial charge in [0.2, 0.25) is 0 Å². The number of likely N-dealkylation sites (tertiary alicyclic amines) is 2. The zero-order chi connectivity index (χ0) is 33.8. The van der Waals surface area contributed by atoms with Crippen LogP contribution in [0.2, 0.25) is 5.02 Å². The number of carbonyl (C=O) groups is 2. The number of aryl methyl sites for hydroxylation is 1. The number of carbonyl (C=O) groups excluding carboxylic acids is 2. The summed E-state index contributed by atoms with van der Waals surface area (Å²) in [6, 6.07) is 4.03. The number of hydrogen-bond donors (Lipinski definition) is 5. The van der Waals surface area contributed by atoms with Crippen molar-refractivity contribution in [1.29, 1.82) is 5.41 Å². The topological polar surface area (TPSA) is 153 Å². The largest absolute Gasteiger partial charge is 0.419 e. The van der Waals surface area contributed by atoms with E-state index in [-0.39, 0.29) is 30.5 Å². The number of urea groups is 1. The van der Waals surface area contributed by atoms with Crippen LogP contribution >= 0.6 is 11.6 Å². The van der Waals surface area contributed by atoms with Crippen LogP contribution in [-0.4, -0.2) is 110 Å². The Balaban J connectivity index is 1.27. The lowest BCUT2D eigenvalue weighted by atomic mass is 10.00. The van der Waals surface area contributed by atoms with E-state index in [0.29, 0.717) is 54.9 Å². The smallest absolute Gasteiger partial charge is 0.397 e. The van der Waals surface area contributed by atoms with Crippen molar-refractivity contribution >= 4 is 35.1 Å². The van der Waals surface area contributed by atoms with Gasteiger partial charge in [-0.25, -0.2) is 14.6 Å². The molecule has 0 saturated carbocycles. The highest BCUT2D eigenvalue weighted by Crippen LogP contribution is 2.26. The number of piperidine rings is 2. The lowest BCUT2D eigenvalue weighted by Crippen LogP contribution is -2.96. The van der Waals surface area contributed by atoms with E-state index >= 15 is 0 Å². The molecule has 0 aliphatic carbocycles. The summed E-state index contributed by atoms with van der Waals surface area (Å²) in [5.74, 6) is -0.0450. The number of primary amides is 1. The first kappa shape index (κ1) is 36.7. The summed E-state index contributed by atoms with van der Waals surface area (Å²) >= 11 is 6.38. The van der Waals surface area contributed by atoms with Gasteiger partial charge in [-0.3, -0.25) is 30.6 Å². The van der Waals surface area contributed by atoms with Gasteiger partial charge in [0.15, 0.2) is 6.10 Å². The summed E-state index contributed by atoms with van der Waals surface area (Å²) in [6.45, 7) is 14.5. The van der Waals surface area contributed by atoms with E-state index in [1.165, 1.54) is 0 Å². The summed E-state index contributed by atoms with van der Waals surface area (Å²) in [4.78, 5) is 44.5. The minimum atomic E-state index is -0.822. The molecule has 3 saturated heterocycles. The van der Waals surface area contributed by atoms with Crippen molar-refractivity contribution in [2.24, 2.45) is 0 Å². The van der Waals surface area contributed by atoms with Gasteiger partial charge in [0, 0.05) is 83.2 Å². The molecule has 0 radical (unpaired) electrons. The van der Waals surface area contributed by atoms with E-state index in [1.807, 2.05) is 30.9 Å². The van der Waals surface area contributed by atoms with Crippen LogP contribution in [-0.2, 0) is 21.0 Å².